The Hall–Kier alpha value is -3.28. The van der Waals surface area contributed by atoms with Gasteiger partial charge in [-0.2, -0.15) is 0 Å². The van der Waals surface area contributed by atoms with Crippen molar-refractivity contribution in [3.8, 4) is 22.8 Å². The maximum atomic E-state index is 12.3. The summed E-state index contributed by atoms with van der Waals surface area (Å²) in [7, 11) is 3.15. The third-order valence-corrected chi connectivity index (χ3v) is 3.76. The van der Waals surface area contributed by atoms with E-state index in [1.165, 1.54) is 0 Å². The number of nitrogens with zero attached hydrogens (tertiary/aromatic N) is 1. The quantitative estimate of drug-likeness (QED) is 0.746. The van der Waals surface area contributed by atoms with E-state index in [4.69, 9.17) is 14.0 Å². The summed E-state index contributed by atoms with van der Waals surface area (Å²) in [6, 6.07) is 16.5. The van der Waals surface area contributed by atoms with Gasteiger partial charge in [-0.1, -0.05) is 41.6 Å². The van der Waals surface area contributed by atoms with Gasteiger partial charge < -0.3 is 19.3 Å². The monoisotopic (exact) mass is 338 g/mol. The standard InChI is InChI=1S/C19H18N2O4/c1-23-16-9-6-10-17(24-2)14(16)12-20-19(22)15-11-18(25-21-15)13-7-4-3-5-8-13/h3-11H,12H2,1-2H3,(H,20,22). The Morgan fingerprint density at radius 2 is 1.72 bits per heavy atom. The SMILES string of the molecule is COc1cccc(OC)c1CNC(=O)c1cc(-c2ccccc2)on1. The molecule has 0 aliphatic rings. The molecular formula is C19H18N2O4. The number of hydrogen-bond donors (Lipinski definition) is 1. The van der Waals surface area contributed by atoms with Crippen molar-refractivity contribution in [1.82, 2.24) is 10.5 Å². The van der Waals surface area contributed by atoms with Gasteiger partial charge >= 0.3 is 0 Å². The van der Waals surface area contributed by atoms with Crippen LogP contribution in [0.15, 0.2) is 59.1 Å². The van der Waals surface area contributed by atoms with E-state index in [0.29, 0.717) is 17.3 Å². The van der Waals surface area contributed by atoms with E-state index < -0.39 is 0 Å². The summed E-state index contributed by atoms with van der Waals surface area (Å²) in [5.41, 5.74) is 1.83. The molecule has 128 valence electrons. The van der Waals surface area contributed by atoms with Gasteiger partial charge in [0.15, 0.2) is 11.5 Å². The highest BCUT2D eigenvalue weighted by Gasteiger charge is 2.16. The van der Waals surface area contributed by atoms with Crippen molar-refractivity contribution < 1.29 is 18.8 Å². The number of amides is 1. The Morgan fingerprint density at radius 3 is 2.36 bits per heavy atom. The molecule has 0 radical (unpaired) electrons. The van der Waals surface area contributed by atoms with E-state index >= 15 is 0 Å². The Labute approximate surface area is 145 Å². The Kier molecular flexibility index (Phi) is 4.99. The summed E-state index contributed by atoms with van der Waals surface area (Å²) in [5.74, 6) is 1.49. The Bertz CT molecular complexity index is 837. The highest BCUT2D eigenvalue weighted by Crippen LogP contribution is 2.28. The first-order valence-electron chi connectivity index (χ1n) is 7.73. The molecule has 3 aromatic rings. The van der Waals surface area contributed by atoms with Gasteiger partial charge in [-0.15, -0.1) is 0 Å². The Morgan fingerprint density at radius 1 is 1.04 bits per heavy atom. The molecule has 0 atom stereocenters. The fourth-order valence-corrected chi connectivity index (χ4v) is 2.48. The first-order chi connectivity index (χ1) is 12.2. The van der Waals surface area contributed by atoms with Gasteiger partial charge in [0.05, 0.1) is 26.3 Å². The molecule has 0 spiro atoms. The molecule has 1 heterocycles. The van der Waals surface area contributed by atoms with Crippen LogP contribution in [0.1, 0.15) is 16.1 Å². The molecule has 1 amide bonds. The highest BCUT2D eigenvalue weighted by molar-refractivity contribution is 5.93. The van der Waals surface area contributed by atoms with Crippen molar-refractivity contribution in [2.75, 3.05) is 14.2 Å². The van der Waals surface area contributed by atoms with Crippen LogP contribution >= 0.6 is 0 Å². The van der Waals surface area contributed by atoms with Gasteiger partial charge in [-0.3, -0.25) is 4.79 Å². The highest BCUT2D eigenvalue weighted by atomic mass is 16.5. The molecule has 0 bridgehead atoms. The molecule has 1 N–H and O–H groups in total. The number of methoxy groups -OCH3 is 2. The number of carbonyl (C=O) groups excluding carboxylic acids is 1. The maximum Gasteiger partial charge on any atom is 0.273 e. The van der Waals surface area contributed by atoms with Crippen LogP contribution in [0.3, 0.4) is 0 Å². The third-order valence-electron chi connectivity index (χ3n) is 3.76. The lowest BCUT2D eigenvalue weighted by molar-refractivity contribution is 0.0941. The molecule has 0 fully saturated rings. The van der Waals surface area contributed by atoms with Gasteiger partial charge in [0.25, 0.3) is 5.91 Å². The number of rotatable bonds is 6. The number of carbonyl (C=O) groups is 1. The molecule has 0 saturated carbocycles. The molecule has 0 unspecified atom stereocenters. The fraction of sp³-hybridized carbons (Fsp3) is 0.158. The molecule has 6 heteroatoms. The van der Waals surface area contributed by atoms with Crippen LogP contribution in [-0.2, 0) is 6.54 Å². The minimum Gasteiger partial charge on any atom is -0.496 e. The number of hydrogen-bond acceptors (Lipinski definition) is 5. The summed E-state index contributed by atoms with van der Waals surface area (Å²) in [6.45, 7) is 0.250. The number of aromatic nitrogens is 1. The molecule has 0 aliphatic heterocycles. The first kappa shape index (κ1) is 16.6. The summed E-state index contributed by atoms with van der Waals surface area (Å²) in [5, 5.41) is 6.65. The van der Waals surface area contributed by atoms with Crippen LogP contribution in [-0.4, -0.2) is 25.3 Å². The zero-order chi connectivity index (χ0) is 17.6. The Balaban J connectivity index is 1.73. The molecule has 0 saturated heterocycles. The van der Waals surface area contributed by atoms with E-state index in [9.17, 15) is 4.79 Å². The van der Waals surface area contributed by atoms with Crippen molar-refractivity contribution in [3.63, 3.8) is 0 Å². The molecule has 1 aromatic heterocycles. The third kappa shape index (κ3) is 3.63. The van der Waals surface area contributed by atoms with E-state index in [0.717, 1.165) is 11.1 Å². The van der Waals surface area contributed by atoms with Gasteiger partial charge in [0, 0.05) is 11.6 Å². The van der Waals surface area contributed by atoms with Crippen LogP contribution < -0.4 is 14.8 Å². The van der Waals surface area contributed by atoms with E-state index in [1.54, 1.807) is 20.3 Å². The summed E-state index contributed by atoms with van der Waals surface area (Å²) in [6.07, 6.45) is 0. The topological polar surface area (TPSA) is 73.6 Å². The summed E-state index contributed by atoms with van der Waals surface area (Å²) in [4.78, 5) is 12.3. The van der Waals surface area contributed by atoms with Gasteiger partial charge in [0.2, 0.25) is 0 Å². The second-order valence-corrected chi connectivity index (χ2v) is 5.27. The predicted octanol–water partition coefficient (Wildman–Crippen LogP) is 3.29. The van der Waals surface area contributed by atoms with Crippen molar-refractivity contribution in [1.29, 1.82) is 0 Å². The fourth-order valence-electron chi connectivity index (χ4n) is 2.48. The van der Waals surface area contributed by atoms with E-state index in [-0.39, 0.29) is 18.1 Å². The zero-order valence-electron chi connectivity index (χ0n) is 14.0. The second-order valence-electron chi connectivity index (χ2n) is 5.27. The van der Waals surface area contributed by atoms with Crippen molar-refractivity contribution in [2.24, 2.45) is 0 Å². The predicted molar refractivity (Wildman–Crippen MR) is 92.7 cm³/mol. The lowest BCUT2D eigenvalue weighted by Crippen LogP contribution is -2.23. The lowest BCUT2D eigenvalue weighted by Gasteiger charge is -2.13. The number of benzene rings is 2. The molecule has 6 nitrogen and oxygen atoms in total. The molecule has 25 heavy (non-hydrogen) atoms. The second kappa shape index (κ2) is 7.53. The van der Waals surface area contributed by atoms with Gasteiger partial charge in [-0.05, 0) is 12.1 Å². The van der Waals surface area contributed by atoms with E-state index in [2.05, 4.69) is 10.5 Å². The van der Waals surface area contributed by atoms with Crippen LogP contribution in [0.5, 0.6) is 11.5 Å². The molecule has 2 aromatic carbocycles. The van der Waals surface area contributed by atoms with Crippen LogP contribution in [0, 0.1) is 0 Å². The van der Waals surface area contributed by atoms with Crippen LogP contribution in [0.2, 0.25) is 0 Å². The average Bonchev–Trinajstić information content (AvgIpc) is 3.16. The number of ether oxygens (including phenoxy) is 2. The van der Waals surface area contributed by atoms with Crippen molar-refractivity contribution >= 4 is 5.91 Å². The van der Waals surface area contributed by atoms with Gasteiger partial charge in [-0.25, -0.2) is 0 Å². The minimum absolute atomic E-state index is 0.215. The van der Waals surface area contributed by atoms with Crippen molar-refractivity contribution in [2.45, 2.75) is 6.54 Å². The van der Waals surface area contributed by atoms with Crippen molar-refractivity contribution in [3.05, 3.63) is 65.9 Å². The van der Waals surface area contributed by atoms with Gasteiger partial charge in [0.1, 0.15) is 11.5 Å². The smallest absolute Gasteiger partial charge is 0.273 e. The largest absolute Gasteiger partial charge is 0.496 e. The minimum atomic E-state index is -0.334. The summed E-state index contributed by atoms with van der Waals surface area (Å²) < 4.78 is 15.9. The van der Waals surface area contributed by atoms with E-state index in [1.807, 2.05) is 48.5 Å². The normalized spacial score (nSPS) is 10.3. The molecular weight excluding hydrogens is 320 g/mol. The van der Waals surface area contributed by atoms with Crippen LogP contribution in [0.25, 0.3) is 11.3 Å². The number of nitrogens with one attached hydrogen (secondary N) is 1. The average molecular weight is 338 g/mol. The molecule has 0 aliphatic carbocycles. The summed E-state index contributed by atoms with van der Waals surface area (Å²) >= 11 is 0. The lowest BCUT2D eigenvalue weighted by atomic mass is 10.1. The maximum absolute atomic E-state index is 12.3. The molecule has 3 rings (SSSR count). The zero-order valence-corrected chi connectivity index (χ0v) is 14.0. The first-order valence-corrected chi connectivity index (χ1v) is 7.73. The van der Waals surface area contributed by atoms with Crippen LogP contribution in [0.4, 0.5) is 0 Å².